The van der Waals surface area contributed by atoms with E-state index < -0.39 is 0 Å². The smallest absolute Gasteiger partial charge is 0.257 e. The van der Waals surface area contributed by atoms with Crippen molar-refractivity contribution in [3.8, 4) is 11.5 Å². The van der Waals surface area contributed by atoms with Crippen LogP contribution in [0.5, 0.6) is 11.5 Å². The summed E-state index contributed by atoms with van der Waals surface area (Å²) in [5.41, 5.74) is 6.37. The van der Waals surface area contributed by atoms with Gasteiger partial charge in [0.05, 0.1) is 7.11 Å². The highest BCUT2D eigenvalue weighted by Crippen LogP contribution is 2.28. The molecule has 0 heterocycles. The van der Waals surface area contributed by atoms with E-state index in [1.807, 2.05) is 18.2 Å². The summed E-state index contributed by atoms with van der Waals surface area (Å²) in [5.74, 6) is 0.937. The fourth-order valence-electron chi connectivity index (χ4n) is 1.53. The fourth-order valence-corrected chi connectivity index (χ4v) is 1.53. The number of ether oxygens (including phenoxy) is 2. The molecule has 0 aliphatic carbocycles. The molecule has 3 N–H and O–H groups in total. The van der Waals surface area contributed by atoms with Gasteiger partial charge in [0.15, 0.2) is 18.1 Å². The van der Waals surface area contributed by atoms with Crippen molar-refractivity contribution in [2.75, 3.05) is 26.8 Å². The fraction of sp³-hybridized carbons (Fsp3) is 0.357. The zero-order valence-electron chi connectivity index (χ0n) is 11.1. The quantitative estimate of drug-likeness (QED) is 0.684. The summed E-state index contributed by atoms with van der Waals surface area (Å²) in [5, 5.41) is 2.63. The van der Waals surface area contributed by atoms with Gasteiger partial charge >= 0.3 is 0 Å². The predicted octanol–water partition coefficient (Wildman–Crippen LogP) is 0.877. The van der Waals surface area contributed by atoms with Crippen molar-refractivity contribution in [3.63, 3.8) is 0 Å². The highest BCUT2D eigenvalue weighted by molar-refractivity contribution is 5.77. The lowest BCUT2D eigenvalue weighted by Gasteiger charge is -2.11. The van der Waals surface area contributed by atoms with Crippen LogP contribution < -0.4 is 20.5 Å². The van der Waals surface area contributed by atoms with Gasteiger partial charge in [-0.1, -0.05) is 12.1 Å². The maximum atomic E-state index is 11.4. The van der Waals surface area contributed by atoms with Gasteiger partial charge in [0, 0.05) is 13.1 Å². The van der Waals surface area contributed by atoms with E-state index in [0.717, 1.165) is 12.0 Å². The van der Waals surface area contributed by atoms with Crippen molar-refractivity contribution in [2.24, 2.45) is 5.73 Å². The summed E-state index contributed by atoms with van der Waals surface area (Å²) >= 11 is 0. The van der Waals surface area contributed by atoms with Crippen molar-refractivity contribution in [2.45, 2.75) is 6.42 Å². The number of carbonyl (C=O) groups excluding carboxylic acids is 1. The first-order valence-corrected chi connectivity index (χ1v) is 6.08. The van der Waals surface area contributed by atoms with Crippen LogP contribution in [0.3, 0.4) is 0 Å². The van der Waals surface area contributed by atoms with Crippen LogP contribution in [0.4, 0.5) is 0 Å². The number of nitrogens with one attached hydrogen (secondary N) is 1. The lowest BCUT2D eigenvalue weighted by Crippen LogP contribution is -2.32. The highest BCUT2D eigenvalue weighted by Gasteiger charge is 2.07. The Morgan fingerprint density at radius 2 is 2.26 bits per heavy atom. The molecule has 0 bridgehead atoms. The molecule has 5 heteroatoms. The first-order valence-electron chi connectivity index (χ1n) is 6.08. The Balaban J connectivity index is 2.62. The Labute approximate surface area is 113 Å². The van der Waals surface area contributed by atoms with Crippen LogP contribution in [0.2, 0.25) is 0 Å². The predicted molar refractivity (Wildman–Crippen MR) is 74.5 cm³/mol. The summed E-state index contributed by atoms with van der Waals surface area (Å²) in [7, 11) is 1.56. The van der Waals surface area contributed by atoms with E-state index in [4.69, 9.17) is 15.2 Å². The van der Waals surface area contributed by atoms with Gasteiger partial charge in [-0.2, -0.15) is 0 Å². The van der Waals surface area contributed by atoms with E-state index in [2.05, 4.69) is 11.9 Å². The molecular formula is C14H20N2O3. The molecule has 0 spiro atoms. The molecule has 1 rings (SSSR count). The van der Waals surface area contributed by atoms with Gasteiger partial charge in [0.1, 0.15) is 0 Å². The van der Waals surface area contributed by atoms with Crippen LogP contribution in [0.25, 0.3) is 0 Å². The van der Waals surface area contributed by atoms with Crippen molar-refractivity contribution in [3.05, 3.63) is 36.4 Å². The third kappa shape index (κ3) is 5.01. The first-order chi connectivity index (χ1) is 9.21. The summed E-state index contributed by atoms with van der Waals surface area (Å²) in [6, 6.07) is 5.57. The molecule has 0 saturated carbocycles. The van der Waals surface area contributed by atoms with Crippen molar-refractivity contribution >= 4 is 5.91 Å². The number of amides is 1. The van der Waals surface area contributed by atoms with Gasteiger partial charge < -0.3 is 20.5 Å². The van der Waals surface area contributed by atoms with Crippen LogP contribution >= 0.6 is 0 Å². The van der Waals surface area contributed by atoms with Gasteiger partial charge in [-0.15, -0.1) is 6.58 Å². The summed E-state index contributed by atoms with van der Waals surface area (Å²) in [6.45, 7) is 4.48. The number of carbonyl (C=O) groups is 1. The average Bonchev–Trinajstić information content (AvgIpc) is 2.43. The van der Waals surface area contributed by atoms with Crippen LogP contribution in [0.15, 0.2) is 30.9 Å². The average molecular weight is 264 g/mol. The minimum absolute atomic E-state index is 0.0584. The number of methoxy groups -OCH3 is 1. The molecule has 0 aliphatic heterocycles. The Morgan fingerprint density at radius 3 is 2.89 bits per heavy atom. The third-order valence-electron chi connectivity index (χ3n) is 2.43. The molecule has 19 heavy (non-hydrogen) atoms. The molecule has 1 aromatic rings. The van der Waals surface area contributed by atoms with Gasteiger partial charge in [0.25, 0.3) is 5.91 Å². The molecule has 0 fully saturated rings. The molecule has 1 aromatic carbocycles. The van der Waals surface area contributed by atoms with E-state index in [1.54, 1.807) is 13.2 Å². The van der Waals surface area contributed by atoms with Crippen LogP contribution in [-0.4, -0.2) is 32.7 Å². The Morgan fingerprint density at radius 1 is 1.47 bits per heavy atom. The molecular weight excluding hydrogens is 244 g/mol. The van der Waals surface area contributed by atoms with Crippen LogP contribution in [0.1, 0.15) is 5.56 Å². The van der Waals surface area contributed by atoms with Gasteiger partial charge in [-0.25, -0.2) is 0 Å². The van der Waals surface area contributed by atoms with Crippen molar-refractivity contribution < 1.29 is 14.3 Å². The molecule has 0 saturated heterocycles. The minimum atomic E-state index is -0.206. The number of benzene rings is 1. The molecule has 0 radical (unpaired) electrons. The van der Waals surface area contributed by atoms with Crippen LogP contribution in [0, 0.1) is 0 Å². The molecule has 0 aromatic heterocycles. The standard InChI is InChI=1S/C14H20N2O3/c1-3-4-11-5-6-12(13(9-11)18-2)19-10-14(17)16-8-7-15/h3,5-6,9H,1,4,7-8,10,15H2,2H3,(H,16,17). The first kappa shape index (κ1) is 15.0. The summed E-state index contributed by atoms with van der Waals surface area (Å²) in [4.78, 5) is 11.4. The molecule has 0 atom stereocenters. The van der Waals surface area contributed by atoms with Crippen molar-refractivity contribution in [1.29, 1.82) is 0 Å². The SMILES string of the molecule is C=CCc1ccc(OCC(=O)NCCN)c(OC)c1. The number of nitrogens with two attached hydrogens (primary N) is 1. The number of rotatable bonds is 8. The zero-order chi connectivity index (χ0) is 14.1. The Bertz CT molecular complexity index is 433. The second-order valence-corrected chi connectivity index (χ2v) is 3.91. The normalized spacial score (nSPS) is 9.79. The third-order valence-corrected chi connectivity index (χ3v) is 2.43. The number of hydrogen-bond donors (Lipinski definition) is 2. The second-order valence-electron chi connectivity index (χ2n) is 3.91. The van der Waals surface area contributed by atoms with Gasteiger partial charge in [-0.05, 0) is 24.1 Å². The molecule has 5 nitrogen and oxygen atoms in total. The van der Waals surface area contributed by atoms with Crippen molar-refractivity contribution in [1.82, 2.24) is 5.32 Å². The highest BCUT2D eigenvalue weighted by atomic mass is 16.5. The second kappa shape index (κ2) is 8.16. The Kier molecular flexibility index (Phi) is 6.46. The summed E-state index contributed by atoms with van der Waals surface area (Å²) < 4.78 is 10.7. The van der Waals surface area contributed by atoms with E-state index in [-0.39, 0.29) is 12.5 Å². The Hall–Kier alpha value is -2.01. The van der Waals surface area contributed by atoms with Gasteiger partial charge in [0.2, 0.25) is 0 Å². The lowest BCUT2D eigenvalue weighted by atomic mass is 10.1. The number of allylic oxidation sites excluding steroid dienone is 1. The minimum Gasteiger partial charge on any atom is -0.493 e. The lowest BCUT2D eigenvalue weighted by molar-refractivity contribution is -0.123. The topological polar surface area (TPSA) is 73.6 Å². The molecule has 104 valence electrons. The maximum absolute atomic E-state index is 11.4. The monoisotopic (exact) mass is 264 g/mol. The summed E-state index contributed by atoms with van der Waals surface area (Å²) in [6.07, 6.45) is 2.57. The largest absolute Gasteiger partial charge is 0.493 e. The molecule has 0 unspecified atom stereocenters. The van der Waals surface area contributed by atoms with E-state index in [0.29, 0.717) is 24.6 Å². The van der Waals surface area contributed by atoms with Crippen LogP contribution in [-0.2, 0) is 11.2 Å². The zero-order valence-corrected chi connectivity index (χ0v) is 11.1. The maximum Gasteiger partial charge on any atom is 0.257 e. The molecule has 1 amide bonds. The molecule has 0 aliphatic rings. The number of hydrogen-bond acceptors (Lipinski definition) is 4. The van der Waals surface area contributed by atoms with Gasteiger partial charge in [-0.3, -0.25) is 4.79 Å². The van der Waals surface area contributed by atoms with E-state index in [1.165, 1.54) is 0 Å². The van der Waals surface area contributed by atoms with E-state index >= 15 is 0 Å². The van der Waals surface area contributed by atoms with E-state index in [9.17, 15) is 4.79 Å².